The number of anilines is 1. The molecule has 9 heteroatoms. The fraction of sp³-hybridized carbons (Fsp3) is 0.286. The number of hydrogen-bond acceptors (Lipinski definition) is 6. The maximum atomic E-state index is 12.5. The molecule has 3 rings (SSSR count). The van der Waals surface area contributed by atoms with Gasteiger partial charge in [0.2, 0.25) is 27.6 Å². The first-order valence-electron chi connectivity index (χ1n) is 9.35. The van der Waals surface area contributed by atoms with Crippen LogP contribution in [0.1, 0.15) is 22.6 Å². The molecule has 0 saturated heterocycles. The Kier molecular flexibility index (Phi) is 6.21. The first kappa shape index (κ1) is 21.5. The lowest BCUT2D eigenvalue weighted by Gasteiger charge is -2.25. The summed E-state index contributed by atoms with van der Waals surface area (Å²) in [6, 6.07) is 13.1. The Labute approximate surface area is 176 Å². The van der Waals surface area contributed by atoms with Crippen molar-refractivity contribution in [3.8, 4) is 11.4 Å². The van der Waals surface area contributed by atoms with Gasteiger partial charge < -0.3 is 9.84 Å². The average Bonchev–Trinajstić information content (AvgIpc) is 3.14. The summed E-state index contributed by atoms with van der Waals surface area (Å²) in [6.07, 6.45) is 1.08. The van der Waals surface area contributed by atoms with E-state index in [4.69, 9.17) is 4.52 Å². The van der Waals surface area contributed by atoms with Gasteiger partial charge in [-0.3, -0.25) is 9.10 Å². The fourth-order valence-corrected chi connectivity index (χ4v) is 4.04. The van der Waals surface area contributed by atoms with E-state index in [2.05, 4.69) is 15.5 Å². The number of amides is 1. The molecule has 0 spiro atoms. The molecule has 1 N–H and O–H groups in total. The van der Waals surface area contributed by atoms with Crippen LogP contribution in [0.5, 0.6) is 0 Å². The molecule has 0 aliphatic rings. The van der Waals surface area contributed by atoms with Crippen LogP contribution in [0.15, 0.2) is 47.0 Å². The standard InChI is InChI=1S/C21H24N4O4S/c1-14-8-10-17(11-9-14)21-23-19(29-24-21)12-22-18(26)13-25(30(4,27)28)20-15(2)6-5-7-16(20)3/h5-11H,12-13H2,1-4H3,(H,22,26). The van der Waals surface area contributed by atoms with E-state index in [1.165, 1.54) is 0 Å². The van der Waals surface area contributed by atoms with E-state index in [0.29, 0.717) is 11.5 Å². The van der Waals surface area contributed by atoms with E-state index in [9.17, 15) is 13.2 Å². The number of carbonyl (C=O) groups excluding carboxylic acids is 1. The summed E-state index contributed by atoms with van der Waals surface area (Å²) in [5.74, 6) is 0.183. The van der Waals surface area contributed by atoms with Crippen LogP contribution in [0, 0.1) is 20.8 Å². The van der Waals surface area contributed by atoms with E-state index in [1.54, 1.807) is 0 Å². The van der Waals surface area contributed by atoms with Crippen LogP contribution in [0.3, 0.4) is 0 Å². The number of para-hydroxylation sites is 1. The number of hydrogen-bond donors (Lipinski definition) is 1. The number of nitrogens with one attached hydrogen (secondary N) is 1. The van der Waals surface area contributed by atoms with Gasteiger partial charge in [0, 0.05) is 5.56 Å². The number of benzene rings is 2. The van der Waals surface area contributed by atoms with Crippen molar-refractivity contribution in [1.82, 2.24) is 15.5 Å². The van der Waals surface area contributed by atoms with E-state index < -0.39 is 15.9 Å². The Hall–Kier alpha value is -3.20. The number of rotatable bonds is 7. The highest BCUT2D eigenvalue weighted by Gasteiger charge is 2.24. The molecule has 0 radical (unpaired) electrons. The van der Waals surface area contributed by atoms with Gasteiger partial charge in [-0.05, 0) is 31.9 Å². The van der Waals surface area contributed by atoms with Crippen LogP contribution >= 0.6 is 0 Å². The molecule has 0 aliphatic carbocycles. The zero-order valence-corrected chi connectivity index (χ0v) is 18.2. The minimum atomic E-state index is -3.66. The minimum absolute atomic E-state index is 0.00203. The first-order valence-corrected chi connectivity index (χ1v) is 11.2. The van der Waals surface area contributed by atoms with Crippen LogP contribution in [0.2, 0.25) is 0 Å². The molecule has 1 aromatic heterocycles. The quantitative estimate of drug-likeness (QED) is 0.620. The molecule has 0 atom stereocenters. The first-order chi connectivity index (χ1) is 14.1. The molecule has 1 heterocycles. The Bertz CT molecular complexity index is 1130. The smallest absolute Gasteiger partial charge is 0.246 e. The predicted octanol–water partition coefficient (Wildman–Crippen LogP) is 2.74. The van der Waals surface area contributed by atoms with Crippen molar-refractivity contribution in [2.75, 3.05) is 17.1 Å². The van der Waals surface area contributed by atoms with Crippen molar-refractivity contribution >= 4 is 21.6 Å². The molecule has 0 unspecified atom stereocenters. The van der Waals surface area contributed by atoms with Gasteiger partial charge in [-0.2, -0.15) is 4.98 Å². The second kappa shape index (κ2) is 8.66. The van der Waals surface area contributed by atoms with Crippen molar-refractivity contribution in [3.63, 3.8) is 0 Å². The number of carbonyl (C=O) groups is 1. The van der Waals surface area contributed by atoms with Crippen LogP contribution < -0.4 is 9.62 Å². The molecule has 0 bridgehead atoms. The van der Waals surface area contributed by atoms with E-state index in [-0.39, 0.29) is 19.0 Å². The predicted molar refractivity (Wildman–Crippen MR) is 114 cm³/mol. The van der Waals surface area contributed by atoms with Gasteiger partial charge in [0.15, 0.2) is 0 Å². The summed E-state index contributed by atoms with van der Waals surface area (Å²) in [6.45, 7) is 5.26. The highest BCUT2D eigenvalue weighted by atomic mass is 32.2. The molecule has 0 fully saturated rings. The minimum Gasteiger partial charge on any atom is -0.345 e. The van der Waals surface area contributed by atoms with Gasteiger partial charge in [0.1, 0.15) is 6.54 Å². The summed E-state index contributed by atoms with van der Waals surface area (Å²) in [7, 11) is -3.66. The lowest BCUT2D eigenvalue weighted by molar-refractivity contribution is -0.119. The second-order valence-electron chi connectivity index (χ2n) is 7.16. The normalized spacial score (nSPS) is 11.3. The average molecular weight is 429 g/mol. The summed E-state index contributed by atoms with van der Waals surface area (Å²) in [5.41, 5.74) is 3.98. The monoisotopic (exact) mass is 428 g/mol. The van der Waals surface area contributed by atoms with Crippen molar-refractivity contribution < 1.29 is 17.7 Å². The molecule has 0 aliphatic heterocycles. The lowest BCUT2D eigenvalue weighted by Crippen LogP contribution is -2.40. The van der Waals surface area contributed by atoms with Crippen molar-refractivity contribution in [2.45, 2.75) is 27.3 Å². The molecule has 2 aromatic carbocycles. The highest BCUT2D eigenvalue weighted by molar-refractivity contribution is 7.92. The summed E-state index contributed by atoms with van der Waals surface area (Å²) in [4.78, 5) is 16.7. The van der Waals surface area contributed by atoms with Gasteiger partial charge in [-0.15, -0.1) is 0 Å². The molecule has 8 nitrogen and oxygen atoms in total. The van der Waals surface area contributed by atoms with Gasteiger partial charge in [-0.1, -0.05) is 53.2 Å². The Morgan fingerprint density at radius 2 is 1.70 bits per heavy atom. The Morgan fingerprint density at radius 1 is 1.07 bits per heavy atom. The topological polar surface area (TPSA) is 105 Å². The molecular weight excluding hydrogens is 404 g/mol. The van der Waals surface area contributed by atoms with E-state index in [1.807, 2.05) is 63.2 Å². The maximum absolute atomic E-state index is 12.5. The molecular formula is C21H24N4O4S. The largest absolute Gasteiger partial charge is 0.345 e. The number of nitrogens with zero attached hydrogens (tertiary/aromatic N) is 3. The summed E-state index contributed by atoms with van der Waals surface area (Å²) < 4.78 is 31.0. The fourth-order valence-electron chi connectivity index (χ4n) is 3.07. The van der Waals surface area contributed by atoms with Gasteiger partial charge in [-0.25, -0.2) is 8.42 Å². The second-order valence-corrected chi connectivity index (χ2v) is 9.07. The van der Waals surface area contributed by atoms with E-state index >= 15 is 0 Å². The maximum Gasteiger partial charge on any atom is 0.246 e. The zero-order valence-electron chi connectivity index (χ0n) is 17.3. The van der Waals surface area contributed by atoms with Gasteiger partial charge in [0.25, 0.3) is 0 Å². The molecule has 1 amide bonds. The van der Waals surface area contributed by atoms with Crippen molar-refractivity contribution in [1.29, 1.82) is 0 Å². The van der Waals surface area contributed by atoms with E-state index in [0.717, 1.165) is 32.8 Å². The third kappa shape index (κ3) is 5.04. The van der Waals surface area contributed by atoms with Gasteiger partial charge in [0.05, 0.1) is 18.5 Å². The highest BCUT2D eigenvalue weighted by Crippen LogP contribution is 2.26. The zero-order chi connectivity index (χ0) is 21.9. The van der Waals surface area contributed by atoms with Crippen LogP contribution in [-0.4, -0.2) is 37.3 Å². The number of aromatic nitrogens is 2. The third-order valence-corrected chi connectivity index (χ3v) is 5.70. The molecule has 3 aromatic rings. The summed E-state index contributed by atoms with van der Waals surface area (Å²) >= 11 is 0. The van der Waals surface area contributed by atoms with Gasteiger partial charge >= 0.3 is 0 Å². The van der Waals surface area contributed by atoms with Crippen molar-refractivity contribution in [2.24, 2.45) is 0 Å². The Balaban J connectivity index is 1.69. The molecule has 158 valence electrons. The van der Waals surface area contributed by atoms with Crippen LogP contribution in [0.25, 0.3) is 11.4 Å². The number of aryl methyl sites for hydroxylation is 3. The molecule has 30 heavy (non-hydrogen) atoms. The summed E-state index contributed by atoms with van der Waals surface area (Å²) in [5, 5.41) is 6.56. The van der Waals surface area contributed by atoms with Crippen LogP contribution in [-0.2, 0) is 21.4 Å². The Morgan fingerprint density at radius 3 is 2.30 bits per heavy atom. The van der Waals surface area contributed by atoms with Crippen molar-refractivity contribution in [3.05, 3.63) is 65.0 Å². The number of sulfonamides is 1. The lowest BCUT2D eigenvalue weighted by atomic mass is 10.1. The van der Waals surface area contributed by atoms with Crippen LogP contribution in [0.4, 0.5) is 5.69 Å². The SMILES string of the molecule is Cc1ccc(-c2noc(CNC(=O)CN(c3c(C)cccc3C)S(C)(=O)=O)n2)cc1. The third-order valence-electron chi connectivity index (χ3n) is 4.59. The molecule has 0 saturated carbocycles.